The van der Waals surface area contributed by atoms with Gasteiger partial charge in [0.1, 0.15) is 0 Å². The second-order valence-electron chi connectivity index (χ2n) is 3.95. The van der Waals surface area contributed by atoms with Gasteiger partial charge < -0.3 is 10.6 Å². The summed E-state index contributed by atoms with van der Waals surface area (Å²) in [5.41, 5.74) is 1.21. The Bertz CT molecular complexity index is 617. The predicted molar refractivity (Wildman–Crippen MR) is 84.4 cm³/mol. The van der Waals surface area contributed by atoms with Crippen LogP contribution in [0.1, 0.15) is 10.4 Å². The number of aromatic nitrogens is 1. The normalized spacial score (nSPS) is 9.85. The lowest BCUT2D eigenvalue weighted by molar-refractivity contribution is -0.115. The Morgan fingerprint density at radius 2 is 1.80 bits per heavy atom. The van der Waals surface area contributed by atoms with Gasteiger partial charge in [-0.15, -0.1) is 0 Å². The van der Waals surface area contributed by atoms with Crippen LogP contribution >= 0.6 is 22.6 Å². The summed E-state index contributed by atoms with van der Waals surface area (Å²) in [6.45, 7) is -0.0773. The largest absolute Gasteiger partial charge is 0.343 e. The maximum absolute atomic E-state index is 11.9. The van der Waals surface area contributed by atoms with E-state index in [1.54, 1.807) is 36.7 Å². The van der Waals surface area contributed by atoms with E-state index < -0.39 is 0 Å². The standard InChI is InChI=1S/C14H12IN3O2/c15-12-4-2-1-3-11(12)14(20)17-9-13(19)18-10-5-7-16-8-6-10/h1-8H,9H2,(H,17,20)(H,16,18,19). The Labute approximate surface area is 129 Å². The highest BCUT2D eigenvalue weighted by Gasteiger charge is 2.10. The Balaban J connectivity index is 1.88. The zero-order valence-corrected chi connectivity index (χ0v) is 12.6. The van der Waals surface area contributed by atoms with E-state index in [4.69, 9.17) is 0 Å². The highest BCUT2D eigenvalue weighted by atomic mass is 127. The van der Waals surface area contributed by atoms with E-state index in [1.807, 2.05) is 12.1 Å². The molecule has 1 aromatic heterocycles. The molecule has 0 saturated carbocycles. The van der Waals surface area contributed by atoms with Gasteiger partial charge in [-0.1, -0.05) is 12.1 Å². The molecule has 0 radical (unpaired) electrons. The van der Waals surface area contributed by atoms with Crippen molar-refractivity contribution in [2.45, 2.75) is 0 Å². The average molecular weight is 381 g/mol. The number of amides is 2. The van der Waals surface area contributed by atoms with Crippen LogP contribution in [0.15, 0.2) is 48.8 Å². The monoisotopic (exact) mass is 381 g/mol. The minimum atomic E-state index is -0.282. The van der Waals surface area contributed by atoms with Crippen LogP contribution in [-0.2, 0) is 4.79 Å². The van der Waals surface area contributed by atoms with Crippen molar-refractivity contribution in [3.63, 3.8) is 0 Å². The quantitative estimate of drug-likeness (QED) is 0.797. The number of nitrogens with one attached hydrogen (secondary N) is 2. The van der Waals surface area contributed by atoms with Gasteiger partial charge in [-0.05, 0) is 46.9 Å². The van der Waals surface area contributed by atoms with Gasteiger partial charge in [-0.3, -0.25) is 14.6 Å². The number of nitrogens with zero attached hydrogens (tertiary/aromatic N) is 1. The molecule has 0 atom stereocenters. The van der Waals surface area contributed by atoms with Crippen LogP contribution in [0.2, 0.25) is 0 Å². The lowest BCUT2D eigenvalue weighted by atomic mass is 10.2. The molecule has 0 fully saturated rings. The summed E-state index contributed by atoms with van der Waals surface area (Å²) in [6, 6.07) is 10.6. The third-order valence-corrected chi connectivity index (χ3v) is 3.43. The Kier molecular flexibility index (Phi) is 5.05. The first kappa shape index (κ1) is 14.4. The van der Waals surface area contributed by atoms with Crippen molar-refractivity contribution in [2.75, 3.05) is 11.9 Å². The molecule has 0 aliphatic rings. The van der Waals surface area contributed by atoms with Crippen LogP contribution in [0.25, 0.3) is 0 Å². The molecule has 0 spiro atoms. The molecular formula is C14H12IN3O2. The zero-order chi connectivity index (χ0) is 14.4. The molecule has 6 heteroatoms. The van der Waals surface area contributed by atoms with Crippen molar-refractivity contribution in [1.82, 2.24) is 10.3 Å². The van der Waals surface area contributed by atoms with E-state index in [1.165, 1.54) is 0 Å². The summed E-state index contributed by atoms with van der Waals surface area (Å²) >= 11 is 2.08. The summed E-state index contributed by atoms with van der Waals surface area (Å²) in [4.78, 5) is 27.5. The molecule has 0 saturated heterocycles. The molecule has 5 nitrogen and oxygen atoms in total. The van der Waals surface area contributed by atoms with Crippen molar-refractivity contribution < 1.29 is 9.59 Å². The third kappa shape index (κ3) is 4.02. The summed E-state index contributed by atoms with van der Waals surface area (Å²) in [7, 11) is 0. The Morgan fingerprint density at radius 1 is 1.10 bits per heavy atom. The maximum Gasteiger partial charge on any atom is 0.252 e. The maximum atomic E-state index is 11.9. The number of rotatable bonds is 4. The van der Waals surface area contributed by atoms with Gasteiger partial charge in [-0.2, -0.15) is 0 Å². The Morgan fingerprint density at radius 3 is 2.50 bits per heavy atom. The molecule has 0 aliphatic heterocycles. The second-order valence-corrected chi connectivity index (χ2v) is 5.11. The number of halogens is 1. The molecule has 2 amide bonds. The molecule has 1 heterocycles. The molecule has 0 unspecified atom stereocenters. The SMILES string of the molecule is O=C(CNC(=O)c1ccccc1I)Nc1ccncc1. The Hall–Kier alpha value is -1.96. The predicted octanol–water partition coefficient (Wildman–Crippen LogP) is 2.05. The fourth-order valence-corrected chi connectivity index (χ4v) is 2.17. The minimum absolute atomic E-state index is 0.0773. The highest BCUT2D eigenvalue weighted by Crippen LogP contribution is 2.10. The van der Waals surface area contributed by atoms with Crippen LogP contribution < -0.4 is 10.6 Å². The molecule has 1 aromatic carbocycles. The van der Waals surface area contributed by atoms with Crippen molar-refractivity contribution in [1.29, 1.82) is 0 Å². The van der Waals surface area contributed by atoms with Crippen LogP contribution in [0.3, 0.4) is 0 Å². The number of anilines is 1. The van der Waals surface area contributed by atoms with Crippen molar-refractivity contribution in [2.24, 2.45) is 0 Å². The summed E-state index contributed by atoms with van der Waals surface area (Å²) in [5, 5.41) is 5.26. The van der Waals surface area contributed by atoms with Gasteiger partial charge in [0.15, 0.2) is 0 Å². The van der Waals surface area contributed by atoms with E-state index in [9.17, 15) is 9.59 Å². The molecule has 102 valence electrons. The second kappa shape index (κ2) is 6.99. The number of carbonyl (C=O) groups excluding carboxylic acids is 2. The summed E-state index contributed by atoms with van der Waals surface area (Å²) < 4.78 is 0.845. The number of hydrogen-bond acceptors (Lipinski definition) is 3. The number of benzene rings is 1. The fourth-order valence-electron chi connectivity index (χ4n) is 1.54. The van der Waals surface area contributed by atoms with Gasteiger partial charge in [0.2, 0.25) is 5.91 Å². The smallest absolute Gasteiger partial charge is 0.252 e. The van der Waals surface area contributed by atoms with Gasteiger partial charge in [-0.25, -0.2) is 0 Å². The van der Waals surface area contributed by atoms with Crippen molar-refractivity contribution in [3.05, 3.63) is 57.9 Å². The number of hydrogen-bond donors (Lipinski definition) is 2. The first-order valence-corrected chi connectivity index (χ1v) is 6.97. The minimum Gasteiger partial charge on any atom is -0.343 e. The van der Waals surface area contributed by atoms with Crippen LogP contribution in [0.4, 0.5) is 5.69 Å². The molecule has 0 bridgehead atoms. The topological polar surface area (TPSA) is 71.1 Å². The average Bonchev–Trinajstić information content (AvgIpc) is 2.46. The summed E-state index contributed by atoms with van der Waals surface area (Å²) in [6.07, 6.45) is 3.17. The number of carbonyl (C=O) groups is 2. The van der Waals surface area contributed by atoms with E-state index >= 15 is 0 Å². The van der Waals surface area contributed by atoms with Gasteiger partial charge in [0.25, 0.3) is 5.91 Å². The van der Waals surface area contributed by atoms with Crippen LogP contribution in [0.5, 0.6) is 0 Å². The highest BCUT2D eigenvalue weighted by molar-refractivity contribution is 14.1. The zero-order valence-electron chi connectivity index (χ0n) is 10.5. The van der Waals surface area contributed by atoms with Gasteiger partial charge in [0, 0.05) is 21.7 Å². The van der Waals surface area contributed by atoms with Gasteiger partial charge in [0.05, 0.1) is 12.1 Å². The van der Waals surface area contributed by atoms with Crippen molar-refractivity contribution in [3.8, 4) is 0 Å². The van der Waals surface area contributed by atoms with Crippen molar-refractivity contribution >= 4 is 40.1 Å². The molecule has 2 aromatic rings. The van der Waals surface area contributed by atoms with E-state index in [0.717, 1.165) is 3.57 Å². The lowest BCUT2D eigenvalue weighted by Gasteiger charge is -2.07. The molecule has 20 heavy (non-hydrogen) atoms. The fraction of sp³-hybridized carbons (Fsp3) is 0.0714. The first-order valence-electron chi connectivity index (χ1n) is 5.89. The van der Waals surface area contributed by atoms with Gasteiger partial charge >= 0.3 is 0 Å². The lowest BCUT2D eigenvalue weighted by Crippen LogP contribution is -2.33. The first-order chi connectivity index (χ1) is 9.66. The van der Waals surface area contributed by atoms with Crippen LogP contribution in [0, 0.1) is 3.57 Å². The van der Waals surface area contributed by atoms with E-state index in [0.29, 0.717) is 11.3 Å². The van der Waals surface area contributed by atoms with Crippen LogP contribution in [-0.4, -0.2) is 23.3 Å². The molecule has 2 N–H and O–H groups in total. The molecule has 0 aliphatic carbocycles. The molecule has 2 rings (SSSR count). The molecular weight excluding hydrogens is 369 g/mol. The van der Waals surface area contributed by atoms with E-state index in [-0.39, 0.29) is 18.4 Å². The van der Waals surface area contributed by atoms with E-state index in [2.05, 4.69) is 38.2 Å². The third-order valence-electron chi connectivity index (χ3n) is 2.49. The number of pyridine rings is 1. The summed E-state index contributed by atoms with van der Waals surface area (Å²) in [5.74, 6) is -0.546.